The maximum atomic E-state index is 9.18. The van der Waals surface area contributed by atoms with Gasteiger partial charge in [0.25, 0.3) is 0 Å². The Balaban J connectivity index is 2.16. The molecule has 0 radical (unpaired) electrons. The molecule has 2 rings (SSSR count). The van der Waals surface area contributed by atoms with Crippen LogP contribution in [0.25, 0.3) is 0 Å². The van der Waals surface area contributed by atoms with Gasteiger partial charge in [-0.3, -0.25) is 4.98 Å². The fraction of sp³-hybridized carbons (Fsp3) is 0.600. The van der Waals surface area contributed by atoms with Crippen molar-refractivity contribution in [2.75, 3.05) is 6.61 Å². The van der Waals surface area contributed by atoms with Crippen LogP contribution in [0.2, 0.25) is 0 Å². The van der Waals surface area contributed by atoms with Gasteiger partial charge in [0.15, 0.2) is 5.75 Å². The van der Waals surface area contributed by atoms with Crippen LogP contribution in [0.15, 0.2) is 12.3 Å². The van der Waals surface area contributed by atoms with E-state index in [1.54, 1.807) is 6.20 Å². The molecule has 18 heavy (non-hydrogen) atoms. The van der Waals surface area contributed by atoms with E-state index in [-0.39, 0.29) is 0 Å². The number of nitriles is 1. The highest BCUT2D eigenvalue weighted by Gasteiger charge is 2.18. The zero-order valence-corrected chi connectivity index (χ0v) is 11.0. The SMILES string of the molecule is CCCOc1cnc(C2CCCCC2)cc1C#N. The molecule has 1 aromatic rings. The van der Waals surface area contributed by atoms with Gasteiger partial charge in [-0.05, 0) is 25.3 Å². The number of hydrogen-bond acceptors (Lipinski definition) is 3. The minimum atomic E-state index is 0.533. The average molecular weight is 244 g/mol. The molecule has 0 N–H and O–H groups in total. The molecule has 0 amide bonds. The van der Waals surface area contributed by atoms with Crippen molar-refractivity contribution in [1.29, 1.82) is 5.26 Å². The van der Waals surface area contributed by atoms with Gasteiger partial charge >= 0.3 is 0 Å². The van der Waals surface area contributed by atoms with E-state index < -0.39 is 0 Å². The van der Waals surface area contributed by atoms with Crippen LogP contribution in [0.5, 0.6) is 5.75 Å². The molecule has 0 spiro atoms. The van der Waals surface area contributed by atoms with Gasteiger partial charge in [0.2, 0.25) is 0 Å². The van der Waals surface area contributed by atoms with Crippen LogP contribution < -0.4 is 4.74 Å². The molecule has 0 bridgehead atoms. The van der Waals surface area contributed by atoms with E-state index in [1.165, 1.54) is 32.1 Å². The molecule has 96 valence electrons. The van der Waals surface area contributed by atoms with Gasteiger partial charge in [-0.25, -0.2) is 0 Å². The Morgan fingerprint density at radius 1 is 1.39 bits per heavy atom. The zero-order valence-electron chi connectivity index (χ0n) is 11.0. The first kappa shape index (κ1) is 12.9. The molecule has 1 aromatic heterocycles. The Bertz CT molecular complexity index is 431. The number of rotatable bonds is 4. The van der Waals surface area contributed by atoms with E-state index in [2.05, 4.69) is 18.0 Å². The van der Waals surface area contributed by atoms with Crippen molar-refractivity contribution in [3.63, 3.8) is 0 Å². The molecular weight excluding hydrogens is 224 g/mol. The predicted octanol–water partition coefficient (Wildman–Crippen LogP) is 3.79. The van der Waals surface area contributed by atoms with E-state index in [0.29, 0.717) is 23.8 Å². The number of hydrogen-bond donors (Lipinski definition) is 0. The van der Waals surface area contributed by atoms with Crippen LogP contribution in [0.4, 0.5) is 0 Å². The molecule has 0 aromatic carbocycles. The summed E-state index contributed by atoms with van der Waals surface area (Å²) in [6, 6.07) is 4.14. The van der Waals surface area contributed by atoms with Crippen LogP contribution >= 0.6 is 0 Å². The number of nitrogens with zero attached hydrogens (tertiary/aromatic N) is 2. The normalized spacial score (nSPS) is 16.2. The van der Waals surface area contributed by atoms with Gasteiger partial charge < -0.3 is 4.74 Å². The van der Waals surface area contributed by atoms with Crippen molar-refractivity contribution in [3.8, 4) is 11.8 Å². The average Bonchev–Trinajstić information content (AvgIpc) is 2.46. The second kappa shape index (κ2) is 6.39. The van der Waals surface area contributed by atoms with Crippen molar-refractivity contribution in [1.82, 2.24) is 4.98 Å². The summed E-state index contributed by atoms with van der Waals surface area (Å²) in [5.74, 6) is 1.16. The summed E-state index contributed by atoms with van der Waals surface area (Å²) in [5.41, 5.74) is 1.69. The van der Waals surface area contributed by atoms with E-state index in [0.717, 1.165) is 12.1 Å². The fourth-order valence-electron chi connectivity index (χ4n) is 2.50. The fourth-order valence-corrected chi connectivity index (χ4v) is 2.50. The summed E-state index contributed by atoms with van der Waals surface area (Å²) in [5, 5.41) is 9.18. The lowest BCUT2D eigenvalue weighted by molar-refractivity contribution is 0.314. The second-order valence-corrected chi connectivity index (χ2v) is 4.90. The smallest absolute Gasteiger partial charge is 0.155 e. The molecule has 3 nitrogen and oxygen atoms in total. The Morgan fingerprint density at radius 3 is 2.83 bits per heavy atom. The number of ether oxygens (including phenoxy) is 1. The Hall–Kier alpha value is -1.56. The summed E-state index contributed by atoms with van der Waals surface area (Å²) in [4.78, 5) is 4.49. The third-order valence-electron chi connectivity index (χ3n) is 3.49. The Kier molecular flexibility index (Phi) is 4.58. The summed E-state index contributed by atoms with van der Waals surface area (Å²) < 4.78 is 5.53. The van der Waals surface area contributed by atoms with Gasteiger partial charge in [-0.15, -0.1) is 0 Å². The van der Waals surface area contributed by atoms with Gasteiger partial charge in [-0.1, -0.05) is 26.2 Å². The highest BCUT2D eigenvalue weighted by molar-refractivity contribution is 5.42. The van der Waals surface area contributed by atoms with Gasteiger partial charge in [0.05, 0.1) is 18.4 Å². The summed E-state index contributed by atoms with van der Waals surface area (Å²) >= 11 is 0. The molecule has 1 heterocycles. The van der Waals surface area contributed by atoms with Crippen molar-refractivity contribution in [2.24, 2.45) is 0 Å². The minimum Gasteiger partial charge on any atom is -0.491 e. The van der Waals surface area contributed by atoms with Crippen molar-refractivity contribution in [2.45, 2.75) is 51.4 Å². The zero-order chi connectivity index (χ0) is 12.8. The van der Waals surface area contributed by atoms with Crippen LogP contribution in [0, 0.1) is 11.3 Å². The molecular formula is C15H20N2O. The molecule has 1 aliphatic carbocycles. The quantitative estimate of drug-likeness (QED) is 0.809. The molecule has 1 fully saturated rings. The highest BCUT2D eigenvalue weighted by atomic mass is 16.5. The largest absolute Gasteiger partial charge is 0.491 e. The summed E-state index contributed by atoms with van der Waals surface area (Å²) in [6.07, 6.45) is 8.96. The molecule has 0 saturated heterocycles. The van der Waals surface area contributed by atoms with E-state index in [1.807, 2.05) is 6.07 Å². The van der Waals surface area contributed by atoms with Crippen LogP contribution in [-0.4, -0.2) is 11.6 Å². The van der Waals surface area contributed by atoms with Crippen molar-refractivity contribution >= 4 is 0 Å². The lowest BCUT2D eigenvalue weighted by Crippen LogP contribution is -2.07. The van der Waals surface area contributed by atoms with Crippen molar-refractivity contribution in [3.05, 3.63) is 23.5 Å². The topological polar surface area (TPSA) is 45.9 Å². The molecule has 3 heteroatoms. The van der Waals surface area contributed by atoms with Crippen LogP contribution in [0.1, 0.15) is 62.6 Å². The summed E-state index contributed by atoms with van der Waals surface area (Å²) in [7, 11) is 0. The highest BCUT2D eigenvalue weighted by Crippen LogP contribution is 2.33. The third-order valence-corrected chi connectivity index (χ3v) is 3.49. The van der Waals surface area contributed by atoms with Crippen LogP contribution in [-0.2, 0) is 0 Å². The molecule has 1 aliphatic rings. The first-order valence-electron chi connectivity index (χ1n) is 6.88. The molecule has 1 saturated carbocycles. The standard InChI is InChI=1S/C15H20N2O/c1-2-8-18-15-11-17-14(9-13(15)10-16)12-6-4-3-5-7-12/h9,11-12H,2-8H2,1H3. The minimum absolute atomic E-state index is 0.533. The van der Waals surface area contributed by atoms with Crippen LogP contribution in [0.3, 0.4) is 0 Å². The van der Waals surface area contributed by atoms with Gasteiger partial charge in [-0.2, -0.15) is 5.26 Å². The van der Waals surface area contributed by atoms with Gasteiger partial charge in [0, 0.05) is 11.6 Å². The first-order chi connectivity index (χ1) is 8.85. The predicted molar refractivity (Wildman–Crippen MR) is 70.6 cm³/mol. The Morgan fingerprint density at radius 2 is 2.17 bits per heavy atom. The number of aromatic nitrogens is 1. The maximum absolute atomic E-state index is 9.18. The lowest BCUT2D eigenvalue weighted by Gasteiger charge is -2.21. The second-order valence-electron chi connectivity index (χ2n) is 4.90. The molecule has 0 unspecified atom stereocenters. The Labute approximate surface area is 109 Å². The van der Waals surface area contributed by atoms with Gasteiger partial charge in [0.1, 0.15) is 6.07 Å². The van der Waals surface area contributed by atoms with E-state index in [9.17, 15) is 5.26 Å². The first-order valence-corrected chi connectivity index (χ1v) is 6.88. The molecule has 0 atom stereocenters. The van der Waals surface area contributed by atoms with Crippen molar-refractivity contribution < 1.29 is 4.74 Å². The lowest BCUT2D eigenvalue weighted by atomic mass is 9.86. The maximum Gasteiger partial charge on any atom is 0.155 e. The molecule has 0 aliphatic heterocycles. The number of pyridine rings is 1. The van der Waals surface area contributed by atoms with E-state index >= 15 is 0 Å². The summed E-state index contributed by atoms with van der Waals surface area (Å²) in [6.45, 7) is 2.69. The monoisotopic (exact) mass is 244 g/mol. The third kappa shape index (κ3) is 3.01. The van der Waals surface area contributed by atoms with E-state index in [4.69, 9.17) is 4.74 Å².